The molecular formula is C9H17Cl2N3OS. The van der Waals surface area contributed by atoms with Crippen molar-refractivity contribution in [1.29, 1.82) is 0 Å². The van der Waals surface area contributed by atoms with Crippen LogP contribution < -0.4 is 11.1 Å². The van der Waals surface area contributed by atoms with Gasteiger partial charge in [0.1, 0.15) is 5.01 Å². The highest BCUT2D eigenvalue weighted by Crippen LogP contribution is 2.20. The minimum atomic E-state index is -0.135. The average Bonchev–Trinajstić information content (AvgIpc) is 2.60. The number of amides is 1. The Morgan fingerprint density at radius 3 is 2.62 bits per heavy atom. The molecule has 1 aromatic heterocycles. The van der Waals surface area contributed by atoms with Crippen LogP contribution in [0.2, 0.25) is 0 Å². The Labute approximate surface area is 112 Å². The van der Waals surface area contributed by atoms with Crippen molar-refractivity contribution in [2.45, 2.75) is 26.3 Å². The number of hydrogen-bond acceptors (Lipinski definition) is 4. The van der Waals surface area contributed by atoms with Gasteiger partial charge in [0.25, 0.3) is 0 Å². The summed E-state index contributed by atoms with van der Waals surface area (Å²) in [4.78, 5) is 15.4. The van der Waals surface area contributed by atoms with Crippen molar-refractivity contribution in [2.75, 3.05) is 6.54 Å². The predicted molar refractivity (Wildman–Crippen MR) is 71.6 cm³/mol. The molecule has 16 heavy (non-hydrogen) atoms. The molecule has 3 N–H and O–H groups in total. The van der Waals surface area contributed by atoms with Crippen molar-refractivity contribution in [3.05, 3.63) is 16.1 Å². The molecule has 1 heterocycles. The van der Waals surface area contributed by atoms with Gasteiger partial charge < -0.3 is 11.1 Å². The molecule has 0 aromatic carbocycles. The van der Waals surface area contributed by atoms with E-state index in [1.54, 1.807) is 11.3 Å². The van der Waals surface area contributed by atoms with Crippen LogP contribution in [0.15, 0.2) is 5.38 Å². The molecule has 0 saturated heterocycles. The average molecular weight is 286 g/mol. The van der Waals surface area contributed by atoms with Gasteiger partial charge in [-0.1, -0.05) is 6.92 Å². The maximum Gasteiger partial charge on any atom is 0.234 e. The number of nitrogens with two attached hydrogens (primary N) is 1. The van der Waals surface area contributed by atoms with Gasteiger partial charge in [0.2, 0.25) is 5.91 Å². The molecule has 0 radical (unpaired) electrons. The van der Waals surface area contributed by atoms with Crippen LogP contribution in [0.25, 0.3) is 0 Å². The van der Waals surface area contributed by atoms with Crippen molar-refractivity contribution in [3.63, 3.8) is 0 Å². The summed E-state index contributed by atoms with van der Waals surface area (Å²) in [6.45, 7) is 3.98. The van der Waals surface area contributed by atoms with Crippen LogP contribution in [0.1, 0.15) is 30.1 Å². The van der Waals surface area contributed by atoms with Crippen LogP contribution in [-0.2, 0) is 4.79 Å². The van der Waals surface area contributed by atoms with Gasteiger partial charge in [-0.2, -0.15) is 0 Å². The first-order chi connectivity index (χ1) is 6.67. The lowest BCUT2D eigenvalue weighted by atomic mass is 10.2. The molecule has 1 rings (SSSR count). The SMILES string of the molecule is CCC(NC(=O)CN)c1nc(C)cs1.Cl.Cl. The molecule has 1 amide bonds. The highest BCUT2D eigenvalue weighted by Gasteiger charge is 2.14. The Morgan fingerprint density at radius 2 is 2.25 bits per heavy atom. The predicted octanol–water partition coefficient (Wildman–Crippen LogP) is 1.82. The molecular weight excluding hydrogens is 269 g/mol. The van der Waals surface area contributed by atoms with Crippen LogP contribution in [0.5, 0.6) is 0 Å². The summed E-state index contributed by atoms with van der Waals surface area (Å²) >= 11 is 1.57. The number of carbonyl (C=O) groups is 1. The number of hydrogen-bond donors (Lipinski definition) is 2. The molecule has 4 nitrogen and oxygen atoms in total. The second-order valence-corrected chi connectivity index (χ2v) is 3.95. The fraction of sp³-hybridized carbons (Fsp3) is 0.556. The van der Waals surface area contributed by atoms with E-state index >= 15 is 0 Å². The third kappa shape index (κ3) is 5.12. The Kier molecular flexibility index (Phi) is 9.86. The molecule has 1 aromatic rings. The van der Waals surface area contributed by atoms with E-state index in [1.165, 1.54) is 0 Å². The fourth-order valence-electron chi connectivity index (χ4n) is 1.12. The molecule has 0 spiro atoms. The van der Waals surface area contributed by atoms with Crippen molar-refractivity contribution in [1.82, 2.24) is 10.3 Å². The normalized spacial score (nSPS) is 10.9. The molecule has 0 bridgehead atoms. The van der Waals surface area contributed by atoms with Crippen molar-refractivity contribution in [3.8, 4) is 0 Å². The zero-order valence-electron chi connectivity index (χ0n) is 9.23. The highest BCUT2D eigenvalue weighted by molar-refractivity contribution is 7.09. The number of aryl methyl sites for hydroxylation is 1. The van der Waals surface area contributed by atoms with Crippen LogP contribution >= 0.6 is 36.2 Å². The van der Waals surface area contributed by atoms with E-state index in [4.69, 9.17) is 5.73 Å². The second-order valence-electron chi connectivity index (χ2n) is 3.06. The summed E-state index contributed by atoms with van der Waals surface area (Å²) in [6.07, 6.45) is 0.832. The first-order valence-electron chi connectivity index (χ1n) is 4.58. The van der Waals surface area contributed by atoms with E-state index in [0.29, 0.717) is 0 Å². The number of carbonyl (C=O) groups excluding carboxylic acids is 1. The standard InChI is InChI=1S/C9H15N3OS.2ClH/c1-3-7(12-8(13)4-10)9-11-6(2)5-14-9;;/h5,7H,3-4,10H2,1-2H3,(H,12,13);2*1H. The van der Waals surface area contributed by atoms with Crippen molar-refractivity contribution < 1.29 is 4.79 Å². The minimum absolute atomic E-state index is 0. The maximum atomic E-state index is 11.1. The van der Waals surface area contributed by atoms with Gasteiger partial charge in [-0.15, -0.1) is 36.2 Å². The number of halogens is 2. The van der Waals surface area contributed by atoms with Crippen molar-refractivity contribution in [2.24, 2.45) is 5.73 Å². The Hall–Kier alpha value is -0.360. The Bertz CT molecular complexity index is 319. The smallest absolute Gasteiger partial charge is 0.234 e. The monoisotopic (exact) mass is 285 g/mol. The largest absolute Gasteiger partial charge is 0.346 e. The van der Waals surface area contributed by atoms with E-state index in [-0.39, 0.29) is 43.3 Å². The molecule has 0 saturated carbocycles. The quantitative estimate of drug-likeness (QED) is 0.887. The number of nitrogens with one attached hydrogen (secondary N) is 1. The molecule has 1 atom stereocenters. The molecule has 0 aliphatic carbocycles. The van der Waals surface area contributed by atoms with E-state index in [1.807, 2.05) is 19.2 Å². The molecule has 1 unspecified atom stereocenters. The summed E-state index contributed by atoms with van der Waals surface area (Å²) in [7, 11) is 0. The summed E-state index contributed by atoms with van der Waals surface area (Å²) in [6, 6.07) is 0.00440. The minimum Gasteiger partial charge on any atom is -0.346 e. The van der Waals surface area contributed by atoms with E-state index in [9.17, 15) is 4.79 Å². The van der Waals surface area contributed by atoms with Gasteiger partial charge in [0.05, 0.1) is 12.6 Å². The molecule has 0 fully saturated rings. The first-order valence-corrected chi connectivity index (χ1v) is 5.46. The summed E-state index contributed by atoms with van der Waals surface area (Å²) in [5, 5.41) is 5.76. The zero-order chi connectivity index (χ0) is 10.6. The van der Waals surface area contributed by atoms with Crippen LogP contribution in [0, 0.1) is 6.92 Å². The summed E-state index contributed by atoms with van der Waals surface area (Å²) in [5.74, 6) is -0.135. The van der Waals surface area contributed by atoms with E-state index < -0.39 is 0 Å². The third-order valence-corrected chi connectivity index (χ3v) is 2.94. The molecule has 0 aliphatic rings. The lowest BCUT2D eigenvalue weighted by Crippen LogP contribution is -2.33. The first kappa shape index (κ1) is 18.0. The Balaban J connectivity index is 0. The molecule has 7 heteroatoms. The van der Waals surface area contributed by atoms with Gasteiger partial charge in [0.15, 0.2) is 0 Å². The number of thiazole rings is 1. The number of nitrogens with zero attached hydrogens (tertiary/aromatic N) is 1. The molecule has 94 valence electrons. The fourth-order valence-corrected chi connectivity index (χ4v) is 2.05. The summed E-state index contributed by atoms with van der Waals surface area (Å²) in [5.41, 5.74) is 6.22. The van der Waals surface area contributed by atoms with E-state index in [2.05, 4.69) is 10.3 Å². The second kappa shape index (κ2) is 8.75. The molecule has 0 aliphatic heterocycles. The van der Waals surface area contributed by atoms with Crippen LogP contribution in [-0.4, -0.2) is 17.4 Å². The lowest BCUT2D eigenvalue weighted by molar-refractivity contribution is -0.120. The van der Waals surface area contributed by atoms with Gasteiger partial charge in [-0.25, -0.2) is 4.98 Å². The maximum absolute atomic E-state index is 11.1. The lowest BCUT2D eigenvalue weighted by Gasteiger charge is -2.13. The zero-order valence-corrected chi connectivity index (χ0v) is 11.7. The summed E-state index contributed by atoms with van der Waals surface area (Å²) < 4.78 is 0. The van der Waals surface area contributed by atoms with E-state index in [0.717, 1.165) is 17.1 Å². The van der Waals surface area contributed by atoms with Crippen LogP contribution in [0.4, 0.5) is 0 Å². The number of aromatic nitrogens is 1. The Morgan fingerprint density at radius 1 is 1.62 bits per heavy atom. The van der Waals surface area contributed by atoms with Gasteiger partial charge >= 0.3 is 0 Å². The van der Waals surface area contributed by atoms with Crippen LogP contribution in [0.3, 0.4) is 0 Å². The van der Waals surface area contributed by atoms with Crippen molar-refractivity contribution >= 4 is 42.1 Å². The van der Waals surface area contributed by atoms with Gasteiger partial charge in [-0.05, 0) is 13.3 Å². The highest BCUT2D eigenvalue weighted by atomic mass is 35.5. The van der Waals surface area contributed by atoms with Gasteiger partial charge in [-0.3, -0.25) is 4.79 Å². The third-order valence-electron chi connectivity index (χ3n) is 1.86. The van der Waals surface area contributed by atoms with Gasteiger partial charge in [0, 0.05) is 11.1 Å². The number of rotatable bonds is 4. The topological polar surface area (TPSA) is 68.0 Å².